The number of alkyl halides is 3. The first-order chi connectivity index (χ1) is 11.4. The van der Waals surface area contributed by atoms with Gasteiger partial charge in [0.15, 0.2) is 0 Å². The number of carbonyl (C=O) groups excluding carboxylic acids is 1. The van der Waals surface area contributed by atoms with Gasteiger partial charge < -0.3 is 5.32 Å². The minimum Gasteiger partial charge on any atom is -0.352 e. The number of pyridine rings is 1. The molecular formula is C17H15F3N2OS. The summed E-state index contributed by atoms with van der Waals surface area (Å²) in [5.74, 6) is -0.264. The van der Waals surface area contributed by atoms with Crippen LogP contribution in [0.25, 0.3) is 6.08 Å². The van der Waals surface area contributed by atoms with Crippen molar-refractivity contribution in [1.29, 1.82) is 0 Å². The average Bonchev–Trinajstić information content (AvgIpc) is 2.54. The second-order valence-corrected chi connectivity index (χ2v) is 5.95. The van der Waals surface area contributed by atoms with E-state index in [0.717, 1.165) is 5.69 Å². The largest absolute Gasteiger partial charge is 0.446 e. The number of hydrogen-bond donors (Lipinski definition) is 1. The Bertz CT molecular complexity index is 685. The van der Waals surface area contributed by atoms with Crippen LogP contribution < -0.4 is 5.32 Å². The molecule has 1 heterocycles. The van der Waals surface area contributed by atoms with Crippen LogP contribution in [0.5, 0.6) is 0 Å². The number of thioether (sulfide) groups is 1. The summed E-state index contributed by atoms with van der Waals surface area (Å²) in [5, 5.41) is 2.73. The second-order valence-electron chi connectivity index (χ2n) is 4.81. The SMILES string of the molecule is O=C(C=Cc1ccc(SC(F)(F)F)cc1)NCCc1ccccn1. The lowest BCUT2D eigenvalue weighted by molar-refractivity contribution is -0.116. The fourth-order valence-corrected chi connectivity index (χ4v) is 2.41. The molecule has 2 rings (SSSR count). The van der Waals surface area contributed by atoms with E-state index in [1.807, 2.05) is 18.2 Å². The molecule has 3 nitrogen and oxygen atoms in total. The maximum atomic E-state index is 12.2. The predicted octanol–water partition coefficient (Wildman–Crippen LogP) is 4.07. The van der Waals surface area contributed by atoms with Crippen LogP contribution in [-0.2, 0) is 11.2 Å². The maximum absolute atomic E-state index is 12.2. The van der Waals surface area contributed by atoms with Gasteiger partial charge in [-0.2, -0.15) is 13.2 Å². The Morgan fingerprint density at radius 3 is 2.54 bits per heavy atom. The first-order valence-electron chi connectivity index (χ1n) is 7.14. The van der Waals surface area contributed by atoms with Crippen LogP contribution in [0, 0.1) is 0 Å². The van der Waals surface area contributed by atoms with Crippen LogP contribution in [0.4, 0.5) is 13.2 Å². The average molecular weight is 352 g/mol. The number of nitrogens with one attached hydrogen (secondary N) is 1. The first-order valence-corrected chi connectivity index (χ1v) is 7.96. The molecule has 0 radical (unpaired) electrons. The molecule has 0 saturated carbocycles. The number of benzene rings is 1. The standard InChI is InChI=1S/C17H15F3N2OS/c18-17(19,20)24-15-7-4-13(5-8-15)6-9-16(23)22-12-10-14-3-1-2-11-21-14/h1-9,11H,10,12H2,(H,22,23). The number of aromatic nitrogens is 1. The zero-order valence-electron chi connectivity index (χ0n) is 12.6. The fourth-order valence-electron chi connectivity index (χ4n) is 1.87. The van der Waals surface area contributed by atoms with Crippen molar-refractivity contribution in [2.75, 3.05) is 6.54 Å². The molecule has 0 atom stereocenters. The molecule has 7 heteroatoms. The summed E-state index contributed by atoms with van der Waals surface area (Å²) in [6, 6.07) is 11.4. The summed E-state index contributed by atoms with van der Waals surface area (Å²) in [7, 11) is 0. The van der Waals surface area contributed by atoms with Gasteiger partial charge in [-0.15, -0.1) is 0 Å². The van der Waals surface area contributed by atoms with Crippen molar-refractivity contribution in [3.63, 3.8) is 0 Å². The second kappa shape index (κ2) is 8.54. The van der Waals surface area contributed by atoms with E-state index in [0.29, 0.717) is 18.5 Å². The highest BCUT2D eigenvalue weighted by molar-refractivity contribution is 8.00. The molecule has 0 saturated heterocycles. The van der Waals surface area contributed by atoms with Gasteiger partial charge in [0.1, 0.15) is 0 Å². The van der Waals surface area contributed by atoms with Gasteiger partial charge in [0.25, 0.3) is 0 Å². The molecule has 0 spiro atoms. The molecule has 0 aliphatic carbocycles. The van der Waals surface area contributed by atoms with E-state index in [9.17, 15) is 18.0 Å². The minimum absolute atomic E-state index is 0.111. The van der Waals surface area contributed by atoms with E-state index in [1.165, 1.54) is 30.3 Å². The zero-order valence-corrected chi connectivity index (χ0v) is 13.4. The number of rotatable bonds is 6. The zero-order chi connectivity index (χ0) is 17.4. The quantitative estimate of drug-likeness (QED) is 0.630. The topological polar surface area (TPSA) is 42.0 Å². The first kappa shape index (κ1) is 18.1. The Balaban J connectivity index is 1.78. The molecule has 24 heavy (non-hydrogen) atoms. The molecule has 1 amide bonds. The van der Waals surface area contributed by atoms with E-state index >= 15 is 0 Å². The van der Waals surface area contributed by atoms with Gasteiger partial charge in [0, 0.05) is 35.8 Å². The lowest BCUT2D eigenvalue weighted by Crippen LogP contribution is -2.23. The molecular weight excluding hydrogens is 337 g/mol. The van der Waals surface area contributed by atoms with E-state index < -0.39 is 5.51 Å². The Morgan fingerprint density at radius 1 is 1.17 bits per heavy atom. The third-order valence-electron chi connectivity index (χ3n) is 2.95. The normalized spacial score (nSPS) is 11.6. The van der Waals surface area contributed by atoms with Crippen molar-refractivity contribution >= 4 is 23.7 Å². The van der Waals surface area contributed by atoms with Crippen LogP contribution in [0.2, 0.25) is 0 Å². The number of halogens is 3. The van der Waals surface area contributed by atoms with Crippen LogP contribution >= 0.6 is 11.8 Å². The molecule has 1 N–H and O–H groups in total. The fraction of sp³-hybridized carbons (Fsp3) is 0.176. The lowest BCUT2D eigenvalue weighted by atomic mass is 10.2. The molecule has 0 fully saturated rings. The molecule has 126 valence electrons. The highest BCUT2D eigenvalue weighted by atomic mass is 32.2. The minimum atomic E-state index is -4.30. The number of nitrogens with zero attached hydrogens (tertiary/aromatic N) is 1. The third-order valence-corrected chi connectivity index (χ3v) is 3.69. The monoisotopic (exact) mass is 352 g/mol. The van der Waals surface area contributed by atoms with Gasteiger partial charge in [-0.1, -0.05) is 18.2 Å². The molecule has 1 aromatic carbocycles. The Kier molecular flexibility index (Phi) is 6.43. The van der Waals surface area contributed by atoms with Crippen LogP contribution in [0.15, 0.2) is 59.6 Å². The molecule has 2 aromatic rings. The van der Waals surface area contributed by atoms with Gasteiger partial charge in [-0.3, -0.25) is 9.78 Å². The van der Waals surface area contributed by atoms with Crippen molar-refractivity contribution in [2.45, 2.75) is 16.8 Å². The summed E-state index contributed by atoms with van der Waals surface area (Å²) in [6.45, 7) is 0.460. The third kappa shape index (κ3) is 6.87. The van der Waals surface area contributed by atoms with E-state index in [4.69, 9.17) is 0 Å². The number of hydrogen-bond acceptors (Lipinski definition) is 3. The highest BCUT2D eigenvalue weighted by Crippen LogP contribution is 2.36. The Labute approximate surface area is 142 Å². The lowest BCUT2D eigenvalue weighted by Gasteiger charge is -2.05. The summed E-state index contributed by atoms with van der Waals surface area (Å²) in [4.78, 5) is 16.0. The van der Waals surface area contributed by atoms with Crippen LogP contribution in [-0.4, -0.2) is 22.9 Å². The summed E-state index contributed by atoms with van der Waals surface area (Å²) in [5.41, 5.74) is -2.76. The van der Waals surface area contributed by atoms with Crippen molar-refractivity contribution in [3.05, 3.63) is 66.0 Å². The molecule has 0 bridgehead atoms. The van der Waals surface area contributed by atoms with Crippen molar-refractivity contribution in [2.24, 2.45) is 0 Å². The van der Waals surface area contributed by atoms with E-state index in [-0.39, 0.29) is 22.6 Å². The van der Waals surface area contributed by atoms with Gasteiger partial charge >= 0.3 is 5.51 Å². The Hall–Kier alpha value is -2.28. The summed E-state index contributed by atoms with van der Waals surface area (Å²) >= 11 is -0.166. The van der Waals surface area contributed by atoms with Gasteiger partial charge in [0.05, 0.1) is 0 Å². The van der Waals surface area contributed by atoms with Crippen LogP contribution in [0.1, 0.15) is 11.3 Å². The smallest absolute Gasteiger partial charge is 0.352 e. The van der Waals surface area contributed by atoms with Crippen molar-refractivity contribution < 1.29 is 18.0 Å². The highest BCUT2D eigenvalue weighted by Gasteiger charge is 2.28. The molecule has 0 unspecified atom stereocenters. The maximum Gasteiger partial charge on any atom is 0.446 e. The number of carbonyl (C=O) groups is 1. The van der Waals surface area contributed by atoms with Crippen LogP contribution in [0.3, 0.4) is 0 Å². The summed E-state index contributed by atoms with van der Waals surface area (Å²) < 4.78 is 36.7. The van der Waals surface area contributed by atoms with Gasteiger partial charge in [-0.05, 0) is 47.7 Å². The van der Waals surface area contributed by atoms with Crippen molar-refractivity contribution in [3.8, 4) is 0 Å². The number of amides is 1. The van der Waals surface area contributed by atoms with Gasteiger partial charge in [0.2, 0.25) is 5.91 Å². The summed E-state index contributed by atoms with van der Waals surface area (Å²) in [6.07, 6.45) is 5.23. The van der Waals surface area contributed by atoms with Crippen molar-refractivity contribution in [1.82, 2.24) is 10.3 Å². The van der Waals surface area contributed by atoms with E-state index in [2.05, 4.69) is 10.3 Å². The Morgan fingerprint density at radius 2 is 1.92 bits per heavy atom. The molecule has 1 aromatic heterocycles. The predicted molar refractivity (Wildman–Crippen MR) is 88.3 cm³/mol. The van der Waals surface area contributed by atoms with Gasteiger partial charge in [-0.25, -0.2) is 0 Å². The molecule has 0 aliphatic heterocycles. The van der Waals surface area contributed by atoms with E-state index in [1.54, 1.807) is 12.3 Å². The molecule has 0 aliphatic rings.